The van der Waals surface area contributed by atoms with Gasteiger partial charge in [0.05, 0.1) is 11.7 Å². The summed E-state index contributed by atoms with van der Waals surface area (Å²) in [5, 5.41) is 7.93. The van der Waals surface area contributed by atoms with E-state index in [9.17, 15) is 0 Å². The van der Waals surface area contributed by atoms with E-state index in [1.54, 1.807) is 0 Å². The van der Waals surface area contributed by atoms with Gasteiger partial charge >= 0.3 is 0 Å². The van der Waals surface area contributed by atoms with Crippen LogP contribution < -0.4 is 5.73 Å². The summed E-state index contributed by atoms with van der Waals surface area (Å²) in [6.45, 7) is 8.54. The highest BCUT2D eigenvalue weighted by atomic mass is 15.5. The van der Waals surface area contributed by atoms with Crippen LogP contribution in [-0.2, 0) is 6.42 Å². The van der Waals surface area contributed by atoms with Crippen LogP contribution in [-0.4, -0.2) is 15.0 Å². The summed E-state index contributed by atoms with van der Waals surface area (Å²) < 4.78 is 1.93. The van der Waals surface area contributed by atoms with Crippen LogP contribution in [0.15, 0.2) is 0 Å². The van der Waals surface area contributed by atoms with Gasteiger partial charge in [-0.3, -0.25) is 0 Å². The normalized spacial score (nSPS) is 13.6. The highest BCUT2D eigenvalue weighted by molar-refractivity contribution is 5.32. The predicted molar refractivity (Wildman–Crippen MR) is 53.4 cm³/mol. The van der Waals surface area contributed by atoms with Crippen LogP contribution >= 0.6 is 0 Å². The van der Waals surface area contributed by atoms with E-state index in [-0.39, 0.29) is 0 Å². The summed E-state index contributed by atoms with van der Waals surface area (Å²) in [6.07, 6.45) is 0.885. The molecule has 1 aromatic rings. The number of aromatic nitrogens is 3. The van der Waals surface area contributed by atoms with Gasteiger partial charge in [0.2, 0.25) is 0 Å². The lowest BCUT2D eigenvalue weighted by Crippen LogP contribution is -2.15. The first-order valence-corrected chi connectivity index (χ1v) is 4.77. The summed E-state index contributed by atoms with van der Waals surface area (Å²) in [4.78, 5) is 0. The molecule has 0 fully saturated rings. The summed E-state index contributed by atoms with van der Waals surface area (Å²) in [5.41, 5.74) is 6.74. The zero-order chi connectivity index (χ0) is 10.0. The van der Waals surface area contributed by atoms with Crippen LogP contribution in [0.3, 0.4) is 0 Å². The molecule has 4 heteroatoms. The van der Waals surface area contributed by atoms with E-state index in [2.05, 4.69) is 38.0 Å². The molecule has 1 rings (SSSR count). The van der Waals surface area contributed by atoms with E-state index >= 15 is 0 Å². The summed E-state index contributed by atoms with van der Waals surface area (Å²) in [6, 6.07) is 0.361. The Kier molecular flexibility index (Phi) is 2.90. The summed E-state index contributed by atoms with van der Waals surface area (Å²) >= 11 is 0. The topological polar surface area (TPSA) is 56.7 Å². The molecule has 1 atom stereocenters. The molecule has 2 N–H and O–H groups in total. The minimum absolute atomic E-state index is 0.361. The molecule has 13 heavy (non-hydrogen) atoms. The molecule has 0 aliphatic carbocycles. The third-order valence-corrected chi connectivity index (χ3v) is 2.51. The van der Waals surface area contributed by atoms with Crippen LogP contribution in [0.5, 0.6) is 0 Å². The van der Waals surface area contributed by atoms with Crippen molar-refractivity contribution < 1.29 is 0 Å². The average molecular weight is 182 g/mol. The smallest absolute Gasteiger partial charge is 0.169 e. The maximum Gasteiger partial charge on any atom is 0.169 e. The van der Waals surface area contributed by atoms with Crippen molar-refractivity contribution in [3.63, 3.8) is 0 Å². The average Bonchev–Trinajstić information content (AvgIpc) is 2.45. The Balaban J connectivity index is 3.00. The molecule has 0 saturated heterocycles. The fraction of sp³-hybridized carbons (Fsp3) is 0.778. The van der Waals surface area contributed by atoms with Gasteiger partial charge in [-0.2, -0.15) is 0 Å². The Bertz CT molecular complexity index is 277. The maximum atomic E-state index is 5.70. The first kappa shape index (κ1) is 10.0. The number of rotatable bonds is 3. The number of nitrogens with zero attached hydrogens (tertiary/aromatic N) is 3. The molecule has 0 aliphatic rings. The van der Waals surface area contributed by atoms with E-state index in [4.69, 9.17) is 5.73 Å². The lowest BCUT2D eigenvalue weighted by atomic mass is 10.1. The fourth-order valence-corrected chi connectivity index (χ4v) is 1.28. The molecule has 0 spiro atoms. The molecule has 0 radical (unpaired) electrons. The van der Waals surface area contributed by atoms with Crippen LogP contribution in [0.1, 0.15) is 39.4 Å². The number of anilines is 1. The third kappa shape index (κ3) is 1.82. The highest BCUT2D eigenvalue weighted by Crippen LogP contribution is 2.20. The van der Waals surface area contributed by atoms with Crippen molar-refractivity contribution in [3.8, 4) is 0 Å². The summed E-state index contributed by atoms with van der Waals surface area (Å²) in [5.74, 6) is 1.11. The second kappa shape index (κ2) is 3.77. The van der Waals surface area contributed by atoms with Crippen molar-refractivity contribution in [3.05, 3.63) is 5.69 Å². The van der Waals surface area contributed by atoms with Gasteiger partial charge in [-0.15, -0.1) is 5.10 Å². The van der Waals surface area contributed by atoms with Gasteiger partial charge in [-0.05, 0) is 19.3 Å². The molecule has 1 aromatic heterocycles. The molecule has 4 nitrogen and oxygen atoms in total. The fourth-order valence-electron chi connectivity index (χ4n) is 1.28. The lowest BCUT2D eigenvalue weighted by Gasteiger charge is -2.17. The van der Waals surface area contributed by atoms with Gasteiger partial charge in [-0.25, -0.2) is 4.68 Å². The zero-order valence-corrected chi connectivity index (χ0v) is 8.78. The molecule has 0 aromatic carbocycles. The van der Waals surface area contributed by atoms with E-state index in [1.807, 2.05) is 4.68 Å². The largest absolute Gasteiger partial charge is 0.381 e. The van der Waals surface area contributed by atoms with Gasteiger partial charge in [0.1, 0.15) is 0 Å². The molecular weight excluding hydrogens is 164 g/mol. The SMILES string of the molecule is CCc1c(N)nnn1C(C)C(C)C. The molecule has 0 aliphatic heterocycles. The molecule has 0 saturated carbocycles. The highest BCUT2D eigenvalue weighted by Gasteiger charge is 2.16. The molecule has 0 bridgehead atoms. The van der Waals surface area contributed by atoms with Crippen molar-refractivity contribution >= 4 is 5.82 Å². The van der Waals surface area contributed by atoms with Gasteiger partial charge in [0, 0.05) is 0 Å². The minimum atomic E-state index is 0.361. The van der Waals surface area contributed by atoms with Crippen molar-refractivity contribution in [2.75, 3.05) is 5.73 Å². The minimum Gasteiger partial charge on any atom is -0.381 e. The molecule has 1 unspecified atom stereocenters. The van der Waals surface area contributed by atoms with Crippen LogP contribution in [0.25, 0.3) is 0 Å². The van der Waals surface area contributed by atoms with Crippen LogP contribution in [0.2, 0.25) is 0 Å². The predicted octanol–water partition coefficient (Wildman–Crippen LogP) is 1.64. The van der Waals surface area contributed by atoms with Crippen molar-refractivity contribution in [2.24, 2.45) is 5.92 Å². The summed E-state index contributed by atoms with van der Waals surface area (Å²) in [7, 11) is 0. The quantitative estimate of drug-likeness (QED) is 0.773. The van der Waals surface area contributed by atoms with E-state index in [0.717, 1.165) is 12.1 Å². The van der Waals surface area contributed by atoms with Crippen LogP contribution in [0.4, 0.5) is 5.82 Å². The third-order valence-electron chi connectivity index (χ3n) is 2.51. The van der Waals surface area contributed by atoms with Gasteiger partial charge in [-0.1, -0.05) is 26.0 Å². The van der Waals surface area contributed by atoms with E-state index in [0.29, 0.717) is 17.8 Å². The zero-order valence-electron chi connectivity index (χ0n) is 8.78. The molecular formula is C9H18N4. The maximum absolute atomic E-state index is 5.70. The Labute approximate surface area is 79.1 Å². The van der Waals surface area contributed by atoms with Crippen molar-refractivity contribution in [1.82, 2.24) is 15.0 Å². The van der Waals surface area contributed by atoms with Crippen molar-refractivity contribution in [2.45, 2.75) is 40.2 Å². The molecule has 74 valence electrons. The van der Waals surface area contributed by atoms with E-state index < -0.39 is 0 Å². The number of hydrogen-bond donors (Lipinski definition) is 1. The Morgan fingerprint density at radius 1 is 1.38 bits per heavy atom. The van der Waals surface area contributed by atoms with Crippen LogP contribution in [0, 0.1) is 5.92 Å². The Morgan fingerprint density at radius 3 is 2.46 bits per heavy atom. The second-order valence-corrected chi connectivity index (χ2v) is 3.70. The first-order valence-electron chi connectivity index (χ1n) is 4.77. The molecule has 0 amide bonds. The van der Waals surface area contributed by atoms with Gasteiger partial charge in [0.15, 0.2) is 5.82 Å². The van der Waals surface area contributed by atoms with Gasteiger partial charge in [0.25, 0.3) is 0 Å². The lowest BCUT2D eigenvalue weighted by molar-refractivity contribution is 0.359. The Morgan fingerprint density at radius 2 is 2.00 bits per heavy atom. The number of nitrogen functional groups attached to an aromatic ring is 1. The van der Waals surface area contributed by atoms with Crippen molar-refractivity contribution in [1.29, 1.82) is 0 Å². The Hall–Kier alpha value is -1.06. The standard InChI is InChI=1S/C9H18N4/c1-5-8-9(10)11-12-13(8)7(4)6(2)3/h6-7H,5,10H2,1-4H3. The van der Waals surface area contributed by atoms with E-state index in [1.165, 1.54) is 0 Å². The first-order chi connectivity index (χ1) is 6.07. The number of hydrogen-bond acceptors (Lipinski definition) is 3. The number of nitrogens with two attached hydrogens (primary N) is 1. The molecule has 1 heterocycles. The monoisotopic (exact) mass is 182 g/mol. The van der Waals surface area contributed by atoms with Gasteiger partial charge < -0.3 is 5.73 Å². The second-order valence-electron chi connectivity index (χ2n) is 3.70.